The molecule has 0 bridgehead atoms. The summed E-state index contributed by atoms with van der Waals surface area (Å²) in [6, 6.07) is 15.7. The third-order valence-corrected chi connectivity index (χ3v) is 4.46. The summed E-state index contributed by atoms with van der Waals surface area (Å²) in [5.41, 5.74) is 1.58. The molecular weight excluding hydrogens is 384 g/mol. The van der Waals surface area contributed by atoms with Crippen LogP contribution < -0.4 is 10.6 Å². The van der Waals surface area contributed by atoms with Gasteiger partial charge in [0.15, 0.2) is 0 Å². The maximum Gasteiger partial charge on any atom is 0.407 e. The average molecular weight is 412 g/mol. The van der Waals surface area contributed by atoms with Crippen molar-refractivity contribution in [2.75, 3.05) is 11.9 Å². The van der Waals surface area contributed by atoms with Gasteiger partial charge < -0.3 is 20.5 Å². The molecule has 0 atom stereocenters. The van der Waals surface area contributed by atoms with Crippen molar-refractivity contribution in [1.82, 2.24) is 5.32 Å². The fourth-order valence-electron chi connectivity index (χ4n) is 2.86. The van der Waals surface area contributed by atoms with Crippen LogP contribution in [0, 0.1) is 0 Å². The van der Waals surface area contributed by atoms with Crippen LogP contribution in [0.3, 0.4) is 0 Å². The molecule has 0 radical (unpaired) electrons. The molecule has 0 spiro atoms. The lowest BCUT2D eigenvalue weighted by Crippen LogP contribution is -2.25. The minimum atomic E-state index is -1.02. The number of carboxylic acids is 1. The number of aromatic carboxylic acids is 1. The highest BCUT2D eigenvalue weighted by molar-refractivity contribution is 5.93. The first kappa shape index (κ1) is 22.9. The maximum atomic E-state index is 11.9. The molecule has 7 heteroatoms. The van der Waals surface area contributed by atoms with Crippen LogP contribution in [-0.4, -0.2) is 29.6 Å². The zero-order chi connectivity index (χ0) is 21.6. The molecule has 0 heterocycles. The van der Waals surface area contributed by atoms with E-state index in [1.807, 2.05) is 30.3 Å². The predicted octanol–water partition coefficient (Wildman–Crippen LogP) is 4.59. The lowest BCUT2D eigenvalue weighted by Gasteiger charge is -2.07. The van der Waals surface area contributed by atoms with Crippen molar-refractivity contribution in [2.24, 2.45) is 0 Å². The van der Waals surface area contributed by atoms with Gasteiger partial charge in [-0.25, -0.2) is 9.59 Å². The van der Waals surface area contributed by atoms with Gasteiger partial charge in [0, 0.05) is 18.7 Å². The third kappa shape index (κ3) is 9.23. The fraction of sp³-hybridized carbons (Fsp3) is 0.348. The summed E-state index contributed by atoms with van der Waals surface area (Å²) in [5, 5.41) is 14.4. The number of carbonyl (C=O) groups is 3. The normalized spacial score (nSPS) is 10.3. The summed E-state index contributed by atoms with van der Waals surface area (Å²) in [6.45, 7) is 0.823. The number of rotatable bonds is 12. The second-order valence-corrected chi connectivity index (χ2v) is 6.94. The van der Waals surface area contributed by atoms with Crippen LogP contribution in [0.1, 0.15) is 54.4 Å². The van der Waals surface area contributed by atoms with Crippen molar-refractivity contribution < 1.29 is 24.2 Å². The second-order valence-electron chi connectivity index (χ2n) is 6.94. The predicted molar refractivity (Wildman–Crippen MR) is 114 cm³/mol. The lowest BCUT2D eigenvalue weighted by molar-refractivity contribution is -0.116. The zero-order valence-electron chi connectivity index (χ0n) is 16.9. The van der Waals surface area contributed by atoms with E-state index in [1.165, 1.54) is 12.1 Å². The molecule has 0 aliphatic rings. The highest BCUT2D eigenvalue weighted by Crippen LogP contribution is 2.12. The van der Waals surface area contributed by atoms with Crippen LogP contribution in [0.15, 0.2) is 54.6 Å². The molecule has 0 aromatic heterocycles. The van der Waals surface area contributed by atoms with Crippen molar-refractivity contribution in [1.29, 1.82) is 0 Å². The molecule has 0 saturated carbocycles. The first-order valence-electron chi connectivity index (χ1n) is 10.1. The molecule has 3 N–H and O–H groups in total. The van der Waals surface area contributed by atoms with Gasteiger partial charge in [-0.05, 0) is 36.6 Å². The molecule has 2 aromatic rings. The van der Waals surface area contributed by atoms with Crippen LogP contribution in [0.5, 0.6) is 0 Å². The van der Waals surface area contributed by atoms with E-state index in [4.69, 9.17) is 9.84 Å². The van der Waals surface area contributed by atoms with E-state index < -0.39 is 12.1 Å². The number of hydrogen-bond acceptors (Lipinski definition) is 4. The molecule has 2 amide bonds. The number of alkyl carbamates (subject to hydrolysis) is 1. The van der Waals surface area contributed by atoms with E-state index in [0.29, 0.717) is 18.7 Å². The Morgan fingerprint density at radius 3 is 2.37 bits per heavy atom. The molecule has 2 aromatic carbocycles. The van der Waals surface area contributed by atoms with Gasteiger partial charge in [-0.2, -0.15) is 0 Å². The molecule has 0 aliphatic heterocycles. The number of nitrogens with one attached hydrogen (secondary N) is 2. The largest absolute Gasteiger partial charge is 0.478 e. The standard InChI is InChI=1S/C23H28N2O5/c26-21(25-20-13-9-12-19(16-20)22(27)28)14-7-2-1-3-8-15-24-23(29)30-17-18-10-5-4-6-11-18/h4-6,9-13,16H,1-3,7-8,14-15,17H2,(H,24,29)(H,25,26)(H,27,28). The van der Waals surface area contributed by atoms with E-state index in [-0.39, 0.29) is 18.1 Å². The Balaban J connectivity index is 1.47. The summed E-state index contributed by atoms with van der Waals surface area (Å²) in [6.07, 6.45) is 4.44. The minimum absolute atomic E-state index is 0.125. The van der Waals surface area contributed by atoms with E-state index in [0.717, 1.165) is 37.7 Å². The highest BCUT2D eigenvalue weighted by Gasteiger charge is 2.06. The van der Waals surface area contributed by atoms with Crippen molar-refractivity contribution in [3.63, 3.8) is 0 Å². The molecule has 7 nitrogen and oxygen atoms in total. The van der Waals surface area contributed by atoms with Crippen molar-refractivity contribution in [2.45, 2.75) is 45.1 Å². The Morgan fingerprint density at radius 2 is 1.60 bits per heavy atom. The van der Waals surface area contributed by atoms with Crippen LogP contribution in [0.25, 0.3) is 0 Å². The molecular formula is C23H28N2O5. The third-order valence-electron chi connectivity index (χ3n) is 4.46. The molecule has 0 saturated heterocycles. The van der Waals surface area contributed by atoms with Crippen molar-refractivity contribution >= 4 is 23.7 Å². The maximum absolute atomic E-state index is 11.9. The summed E-state index contributed by atoms with van der Waals surface area (Å²) in [4.78, 5) is 34.5. The van der Waals surface area contributed by atoms with Crippen LogP contribution in [-0.2, 0) is 16.1 Å². The van der Waals surface area contributed by atoms with Crippen LogP contribution in [0.2, 0.25) is 0 Å². The Morgan fingerprint density at radius 1 is 0.867 bits per heavy atom. The Labute approximate surface area is 176 Å². The Bertz CT molecular complexity index is 823. The second kappa shape index (κ2) is 13.0. The Hall–Kier alpha value is -3.35. The summed E-state index contributed by atoms with van der Waals surface area (Å²) in [7, 11) is 0. The fourth-order valence-corrected chi connectivity index (χ4v) is 2.86. The summed E-state index contributed by atoms with van der Waals surface area (Å²) in [5.74, 6) is -1.15. The van der Waals surface area contributed by atoms with Gasteiger partial charge in [-0.15, -0.1) is 0 Å². The van der Waals surface area contributed by atoms with Gasteiger partial charge in [0.2, 0.25) is 5.91 Å². The van der Waals surface area contributed by atoms with E-state index in [1.54, 1.807) is 12.1 Å². The minimum Gasteiger partial charge on any atom is -0.478 e. The van der Waals surface area contributed by atoms with Gasteiger partial charge in [-0.3, -0.25) is 4.79 Å². The van der Waals surface area contributed by atoms with E-state index in [9.17, 15) is 14.4 Å². The van der Waals surface area contributed by atoms with Gasteiger partial charge in [0.1, 0.15) is 6.61 Å². The average Bonchev–Trinajstić information content (AvgIpc) is 2.75. The summed E-state index contributed by atoms with van der Waals surface area (Å²) < 4.78 is 5.14. The first-order chi connectivity index (χ1) is 14.5. The van der Waals surface area contributed by atoms with Crippen molar-refractivity contribution in [3.05, 3.63) is 65.7 Å². The van der Waals surface area contributed by atoms with Crippen LogP contribution >= 0.6 is 0 Å². The van der Waals surface area contributed by atoms with Crippen LogP contribution in [0.4, 0.5) is 10.5 Å². The molecule has 2 rings (SSSR count). The van der Waals surface area contributed by atoms with Gasteiger partial charge in [0.25, 0.3) is 0 Å². The number of carbonyl (C=O) groups excluding carboxylic acids is 2. The van der Waals surface area contributed by atoms with Gasteiger partial charge in [0.05, 0.1) is 5.56 Å². The molecule has 0 fully saturated rings. The molecule has 0 unspecified atom stereocenters. The van der Waals surface area contributed by atoms with Crippen molar-refractivity contribution in [3.8, 4) is 0 Å². The first-order valence-corrected chi connectivity index (χ1v) is 10.1. The topological polar surface area (TPSA) is 105 Å². The quantitative estimate of drug-likeness (QED) is 0.442. The van der Waals surface area contributed by atoms with E-state index >= 15 is 0 Å². The lowest BCUT2D eigenvalue weighted by atomic mass is 10.1. The van der Waals surface area contributed by atoms with Gasteiger partial charge in [-0.1, -0.05) is 55.7 Å². The Kier molecular flexibility index (Phi) is 9.92. The smallest absolute Gasteiger partial charge is 0.407 e. The number of ether oxygens (including phenoxy) is 1. The zero-order valence-corrected chi connectivity index (χ0v) is 16.9. The monoisotopic (exact) mass is 412 g/mol. The SMILES string of the molecule is O=C(CCCCCCCNC(=O)OCc1ccccc1)Nc1cccc(C(=O)O)c1. The summed E-state index contributed by atoms with van der Waals surface area (Å²) >= 11 is 0. The number of amides is 2. The molecule has 160 valence electrons. The van der Waals surface area contributed by atoms with Gasteiger partial charge >= 0.3 is 12.1 Å². The van der Waals surface area contributed by atoms with E-state index in [2.05, 4.69) is 10.6 Å². The number of unbranched alkanes of at least 4 members (excludes halogenated alkanes) is 4. The number of anilines is 1. The molecule has 0 aliphatic carbocycles. The number of benzene rings is 2. The molecule has 30 heavy (non-hydrogen) atoms. The number of hydrogen-bond donors (Lipinski definition) is 3. The number of carboxylic acid groups (broad SMARTS) is 1. The highest BCUT2D eigenvalue weighted by atomic mass is 16.5.